The maximum atomic E-state index is 13.1. The zero-order valence-electron chi connectivity index (χ0n) is 62.8. The lowest BCUT2D eigenvalue weighted by Crippen LogP contribution is -2.30. The van der Waals surface area contributed by atoms with Crippen LogP contribution in [0.5, 0.6) is 0 Å². The zero-order valence-corrected chi connectivity index (χ0v) is 64.6. The molecule has 570 valence electrons. The van der Waals surface area contributed by atoms with E-state index in [0.29, 0.717) is 25.7 Å². The van der Waals surface area contributed by atoms with E-state index in [0.717, 1.165) is 108 Å². The molecule has 0 aromatic heterocycles. The number of carbonyl (C=O) groups excluding carboxylic acids is 4. The molecule has 0 aromatic carbocycles. The fourth-order valence-electron chi connectivity index (χ4n) is 11.7. The van der Waals surface area contributed by atoms with Gasteiger partial charge >= 0.3 is 39.5 Å². The van der Waals surface area contributed by atoms with Gasteiger partial charge in [-0.1, -0.05) is 344 Å². The number of unbranched alkanes of at least 4 members (excludes halogenated alkanes) is 42. The quantitative estimate of drug-likeness (QED) is 0.0222. The smallest absolute Gasteiger partial charge is 0.462 e. The van der Waals surface area contributed by atoms with Crippen molar-refractivity contribution in [2.24, 2.45) is 17.8 Å². The lowest BCUT2D eigenvalue weighted by Gasteiger charge is -2.21. The first-order valence-corrected chi connectivity index (χ1v) is 42.9. The molecule has 0 heterocycles. The lowest BCUT2D eigenvalue weighted by atomic mass is 9.99. The number of phosphoric acid groups is 2. The molecular weight excluding hydrogens is 1260 g/mol. The number of hydrogen-bond donors (Lipinski definition) is 3. The van der Waals surface area contributed by atoms with Gasteiger partial charge in [0.25, 0.3) is 0 Å². The summed E-state index contributed by atoms with van der Waals surface area (Å²) in [6.07, 6.45) is 53.9. The average molecular weight is 1410 g/mol. The number of aliphatic hydroxyl groups is 1. The van der Waals surface area contributed by atoms with Crippen molar-refractivity contribution in [1.82, 2.24) is 0 Å². The summed E-state index contributed by atoms with van der Waals surface area (Å²) in [7, 11) is -9.91. The Balaban J connectivity index is 5.26. The second-order valence-corrected chi connectivity index (χ2v) is 31.8. The molecule has 0 spiro atoms. The summed E-state index contributed by atoms with van der Waals surface area (Å²) in [4.78, 5) is 72.9. The third kappa shape index (κ3) is 69.2. The largest absolute Gasteiger partial charge is 0.472 e. The number of esters is 4. The lowest BCUT2D eigenvalue weighted by molar-refractivity contribution is -0.161. The van der Waals surface area contributed by atoms with Gasteiger partial charge in [0, 0.05) is 25.7 Å². The third-order valence-corrected chi connectivity index (χ3v) is 20.1. The molecule has 3 unspecified atom stereocenters. The van der Waals surface area contributed by atoms with E-state index in [9.17, 15) is 43.2 Å². The zero-order chi connectivity index (χ0) is 70.9. The highest BCUT2D eigenvalue weighted by atomic mass is 31.2. The standard InChI is InChI=1S/C77H150O17P2/c1-8-10-11-12-13-14-15-24-29-37-44-51-58-74(79)88-65-73(94-77(82)61-54-47-40-33-32-36-43-50-57-70(7)9-2)67-92-96(85,86)90-63-71(78)62-89-95(83,84)91-66-72(64-87-75(80)59-52-45-38-30-26-21-23-28-35-42-49-56-69(5)6)93-76(81)60-53-46-39-31-25-20-18-16-17-19-22-27-34-41-48-55-68(3)4/h68-73,78H,8-67H2,1-7H3,(H,83,84)(H,85,86)/t70?,71-,72-,73-/m1/s1. The van der Waals surface area contributed by atoms with E-state index in [4.69, 9.17) is 37.0 Å². The fraction of sp³-hybridized carbons (Fsp3) is 0.948. The number of rotatable bonds is 75. The van der Waals surface area contributed by atoms with Gasteiger partial charge in [0.15, 0.2) is 12.2 Å². The molecule has 0 bridgehead atoms. The van der Waals surface area contributed by atoms with Crippen molar-refractivity contribution in [3.63, 3.8) is 0 Å². The van der Waals surface area contributed by atoms with Gasteiger partial charge in [-0.05, 0) is 43.4 Å². The number of hydrogen-bond acceptors (Lipinski definition) is 15. The van der Waals surface area contributed by atoms with Crippen LogP contribution in [-0.4, -0.2) is 96.7 Å². The highest BCUT2D eigenvalue weighted by molar-refractivity contribution is 7.47. The van der Waals surface area contributed by atoms with Gasteiger partial charge in [0.05, 0.1) is 26.4 Å². The van der Waals surface area contributed by atoms with E-state index >= 15 is 0 Å². The molecule has 0 radical (unpaired) electrons. The normalized spacial score (nSPS) is 14.3. The molecule has 0 saturated heterocycles. The molecule has 3 N–H and O–H groups in total. The monoisotopic (exact) mass is 1410 g/mol. The van der Waals surface area contributed by atoms with Gasteiger partial charge in [0.1, 0.15) is 19.3 Å². The predicted octanol–water partition coefficient (Wildman–Crippen LogP) is 22.6. The second-order valence-electron chi connectivity index (χ2n) is 28.9. The maximum absolute atomic E-state index is 13.1. The maximum Gasteiger partial charge on any atom is 0.472 e. The molecule has 0 rings (SSSR count). The summed E-state index contributed by atoms with van der Waals surface area (Å²) < 4.78 is 68.6. The van der Waals surface area contributed by atoms with E-state index in [1.807, 2.05) is 0 Å². The van der Waals surface area contributed by atoms with E-state index in [1.165, 1.54) is 205 Å². The molecule has 0 saturated carbocycles. The van der Waals surface area contributed by atoms with Gasteiger partial charge < -0.3 is 33.8 Å². The van der Waals surface area contributed by atoms with Crippen molar-refractivity contribution < 1.29 is 80.2 Å². The van der Waals surface area contributed by atoms with Gasteiger partial charge in [-0.15, -0.1) is 0 Å². The first-order valence-electron chi connectivity index (χ1n) is 39.9. The van der Waals surface area contributed by atoms with Crippen LogP contribution in [0, 0.1) is 17.8 Å². The summed E-state index contributed by atoms with van der Waals surface area (Å²) in [5, 5.41) is 10.6. The van der Waals surface area contributed by atoms with Crippen LogP contribution in [0.4, 0.5) is 0 Å². The average Bonchev–Trinajstić information content (AvgIpc) is 1.12. The Bertz CT molecular complexity index is 1870. The van der Waals surface area contributed by atoms with Crippen LogP contribution in [-0.2, 0) is 65.4 Å². The Morgan fingerprint density at radius 3 is 0.792 bits per heavy atom. The van der Waals surface area contributed by atoms with E-state index in [1.54, 1.807) is 0 Å². The highest BCUT2D eigenvalue weighted by Crippen LogP contribution is 2.45. The van der Waals surface area contributed by atoms with Crippen molar-refractivity contribution in [3.05, 3.63) is 0 Å². The van der Waals surface area contributed by atoms with Crippen LogP contribution in [0.15, 0.2) is 0 Å². The van der Waals surface area contributed by atoms with Crippen LogP contribution in [0.2, 0.25) is 0 Å². The van der Waals surface area contributed by atoms with Crippen LogP contribution < -0.4 is 0 Å². The number of ether oxygens (including phenoxy) is 4. The minimum absolute atomic E-state index is 0.105. The number of carbonyl (C=O) groups is 4. The molecule has 0 fully saturated rings. The number of phosphoric ester groups is 2. The van der Waals surface area contributed by atoms with Crippen LogP contribution in [0.3, 0.4) is 0 Å². The van der Waals surface area contributed by atoms with E-state index in [-0.39, 0.29) is 25.7 Å². The first-order chi connectivity index (χ1) is 46.3. The van der Waals surface area contributed by atoms with Crippen molar-refractivity contribution in [1.29, 1.82) is 0 Å². The Hall–Kier alpha value is -1.94. The molecule has 6 atom stereocenters. The number of aliphatic hydroxyl groups excluding tert-OH is 1. The van der Waals surface area contributed by atoms with E-state index < -0.39 is 97.5 Å². The second kappa shape index (κ2) is 67.5. The summed E-state index contributed by atoms with van der Waals surface area (Å²) in [6, 6.07) is 0. The Morgan fingerprint density at radius 1 is 0.302 bits per heavy atom. The Labute approximate surface area is 588 Å². The Morgan fingerprint density at radius 2 is 0.531 bits per heavy atom. The summed E-state index contributed by atoms with van der Waals surface area (Å²) in [6.45, 7) is 11.9. The fourth-order valence-corrected chi connectivity index (χ4v) is 13.3. The molecule has 0 aliphatic rings. The molecule has 0 amide bonds. The van der Waals surface area contributed by atoms with Gasteiger partial charge in [-0.3, -0.25) is 37.3 Å². The molecule has 0 aliphatic carbocycles. The van der Waals surface area contributed by atoms with Crippen molar-refractivity contribution in [2.75, 3.05) is 39.6 Å². The van der Waals surface area contributed by atoms with Crippen molar-refractivity contribution in [3.8, 4) is 0 Å². The summed E-state index contributed by atoms with van der Waals surface area (Å²) >= 11 is 0. The van der Waals surface area contributed by atoms with Crippen LogP contribution in [0.1, 0.15) is 395 Å². The molecule has 0 aromatic rings. The van der Waals surface area contributed by atoms with Gasteiger partial charge in [-0.2, -0.15) is 0 Å². The minimum Gasteiger partial charge on any atom is -0.462 e. The van der Waals surface area contributed by atoms with Crippen molar-refractivity contribution in [2.45, 2.75) is 414 Å². The minimum atomic E-state index is -4.96. The van der Waals surface area contributed by atoms with Gasteiger partial charge in [-0.25, -0.2) is 9.13 Å². The third-order valence-electron chi connectivity index (χ3n) is 18.2. The highest BCUT2D eigenvalue weighted by Gasteiger charge is 2.30. The topological polar surface area (TPSA) is 237 Å². The van der Waals surface area contributed by atoms with Crippen LogP contribution >= 0.6 is 15.6 Å². The molecule has 19 heteroatoms. The molecule has 0 aliphatic heterocycles. The van der Waals surface area contributed by atoms with Crippen molar-refractivity contribution >= 4 is 39.5 Å². The first kappa shape index (κ1) is 94.1. The van der Waals surface area contributed by atoms with Gasteiger partial charge in [0.2, 0.25) is 0 Å². The Kier molecular flexibility index (Phi) is 66.2. The van der Waals surface area contributed by atoms with E-state index in [2.05, 4.69) is 48.5 Å². The summed E-state index contributed by atoms with van der Waals surface area (Å²) in [5.41, 5.74) is 0. The molecular formula is C77H150O17P2. The summed E-state index contributed by atoms with van der Waals surface area (Å²) in [5.74, 6) is 0.227. The predicted molar refractivity (Wildman–Crippen MR) is 391 cm³/mol. The van der Waals surface area contributed by atoms with Crippen LogP contribution in [0.25, 0.3) is 0 Å². The molecule has 17 nitrogen and oxygen atoms in total. The molecule has 96 heavy (non-hydrogen) atoms. The SMILES string of the molecule is CCCCCCCCCCCCCCC(=O)OC[C@H](COP(=O)(O)OC[C@H](O)COP(=O)(O)OC[C@@H](COC(=O)CCCCCCCCCCCCCC(C)C)OC(=O)CCCCCCCCCCCCCCCCCC(C)C)OC(=O)CCCCCCCCCCC(C)CC.